The molecule has 4 nitrogen and oxygen atoms in total. The first-order chi connectivity index (χ1) is 10.2. The topological polar surface area (TPSA) is 50.4 Å². The van der Waals surface area contributed by atoms with Crippen LogP contribution in [-0.4, -0.2) is 19.2 Å². The molecule has 2 N–H and O–H groups in total. The minimum Gasteiger partial charge on any atom is -0.491 e. The van der Waals surface area contributed by atoms with E-state index >= 15 is 0 Å². The van der Waals surface area contributed by atoms with Gasteiger partial charge in [0.1, 0.15) is 18.2 Å². The number of benzene rings is 2. The third-order valence-electron chi connectivity index (χ3n) is 2.86. The highest BCUT2D eigenvalue weighted by Crippen LogP contribution is 2.15. The van der Waals surface area contributed by atoms with Gasteiger partial charge in [-0.3, -0.25) is 0 Å². The van der Waals surface area contributed by atoms with Crippen molar-refractivity contribution in [3.05, 3.63) is 59.9 Å². The van der Waals surface area contributed by atoms with E-state index in [1.54, 1.807) is 12.1 Å². The molecule has 0 unspecified atom stereocenters. The van der Waals surface area contributed by atoms with E-state index in [-0.39, 0.29) is 5.69 Å². The molecule has 0 aliphatic carbocycles. The van der Waals surface area contributed by atoms with Crippen molar-refractivity contribution in [1.29, 1.82) is 0 Å². The van der Waals surface area contributed by atoms with Crippen LogP contribution in [0.15, 0.2) is 48.5 Å². The third kappa shape index (κ3) is 4.49. The molecule has 0 aliphatic heterocycles. The van der Waals surface area contributed by atoms with Crippen molar-refractivity contribution in [2.75, 3.05) is 18.5 Å². The number of ether oxygens (including phenoxy) is 1. The fourth-order valence-corrected chi connectivity index (χ4v) is 1.77. The summed E-state index contributed by atoms with van der Waals surface area (Å²) in [4.78, 5) is 11.6. The Morgan fingerprint density at radius 1 is 1.14 bits per heavy atom. The molecule has 0 fully saturated rings. The maximum Gasteiger partial charge on any atom is 0.319 e. The summed E-state index contributed by atoms with van der Waals surface area (Å²) in [5.74, 6) is 0.317. The molecule has 0 saturated carbocycles. The largest absolute Gasteiger partial charge is 0.491 e. The maximum absolute atomic E-state index is 13.3. The molecule has 5 heteroatoms. The Labute approximate surface area is 122 Å². The number of urea groups is 1. The fourth-order valence-electron chi connectivity index (χ4n) is 1.77. The molecule has 0 spiro atoms. The minimum absolute atomic E-state index is 0.148. The van der Waals surface area contributed by atoms with Crippen molar-refractivity contribution in [3.8, 4) is 5.75 Å². The number of hydrogen-bond donors (Lipinski definition) is 2. The van der Waals surface area contributed by atoms with Gasteiger partial charge in [0, 0.05) is 0 Å². The predicted octanol–water partition coefficient (Wildman–Crippen LogP) is 3.33. The summed E-state index contributed by atoms with van der Waals surface area (Å²) in [6.45, 7) is 2.62. The van der Waals surface area contributed by atoms with E-state index < -0.39 is 11.8 Å². The number of aryl methyl sites for hydroxylation is 1. The van der Waals surface area contributed by atoms with Crippen molar-refractivity contribution >= 4 is 11.7 Å². The van der Waals surface area contributed by atoms with E-state index in [4.69, 9.17) is 4.74 Å². The zero-order valence-electron chi connectivity index (χ0n) is 11.7. The lowest BCUT2D eigenvalue weighted by Gasteiger charge is -2.10. The molecular formula is C16H17FN2O2. The van der Waals surface area contributed by atoms with Crippen LogP contribution in [0, 0.1) is 12.7 Å². The van der Waals surface area contributed by atoms with Gasteiger partial charge in [-0.15, -0.1) is 0 Å². The summed E-state index contributed by atoms with van der Waals surface area (Å²) in [5.41, 5.74) is 1.18. The van der Waals surface area contributed by atoms with E-state index in [9.17, 15) is 9.18 Å². The lowest BCUT2D eigenvalue weighted by molar-refractivity contribution is 0.247. The lowest BCUT2D eigenvalue weighted by atomic mass is 10.2. The number of halogens is 1. The Hall–Kier alpha value is -2.56. The average molecular weight is 288 g/mol. The maximum atomic E-state index is 13.3. The summed E-state index contributed by atoms with van der Waals surface area (Å²) < 4.78 is 18.9. The standard InChI is InChI=1S/C16H17FN2O2/c1-12-6-2-5-9-15(12)21-11-10-18-16(20)19-14-8-4-3-7-13(14)17/h2-9H,10-11H2,1H3,(H2,18,19,20). The Balaban J connectivity index is 1.73. The van der Waals surface area contributed by atoms with Crippen molar-refractivity contribution < 1.29 is 13.9 Å². The van der Waals surface area contributed by atoms with Gasteiger partial charge in [-0.25, -0.2) is 9.18 Å². The monoisotopic (exact) mass is 288 g/mol. The highest BCUT2D eigenvalue weighted by Gasteiger charge is 2.05. The number of carbonyl (C=O) groups excluding carboxylic acids is 1. The Bertz CT molecular complexity index is 617. The van der Waals surface area contributed by atoms with Crippen molar-refractivity contribution in [1.82, 2.24) is 5.32 Å². The van der Waals surface area contributed by atoms with E-state index in [1.807, 2.05) is 31.2 Å². The second-order valence-corrected chi connectivity index (χ2v) is 4.47. The van der Waals surface area contributed by atoms with Gasteiger partial charge >= 0.3 is 6.03 Å². The van der Waals surface area contributed by atoms with Crippen LogP contribution in [0.5, 0.6) is 5.75 Å². The quantitative estimate of drug-likeness (QED) is 0.829. The van der Waals surface area contributed by atoms with Crippen molar-refractivity contribution in [3.63, 3.8) is 0 Å². The lowest BCUT2D eigenvalue weighted by Crippen LogP contribution is -2.32. The minimum atomic E-state index is -0.469. The first-order valence-corrected chi connectivity index (χ1v) is 6.64. The van der Waals surface area contributed by atoms with E-state index in [2.05, 4.69) is 10.6 Å². The number of para-hydroxylation sites is 2. The Morgan fingerprint density at radius 3 is 2.62 bits per heavy atom. The van der Waals surface area contributed by atoms with Gasteiger partial charge in [0.05, 0.1) is 12.2 Å². The molecule has 2 amide bonds. The van der Waals surface area contributed by atoms with E-state index in [0.717, 1.165) is 11.3 Å². The molecule has 0 radical (unpaired) electrons. The van der Waals surface area contributed by atoms with Crippen LogP contribution in [0.3, 0.4) is 0 Å². The molecule has 0 aliphatic rings. The number of carbonyl (C=O) groups is 1. The zero-order valence-corrected chi connectivity index (χ0v) is 11.7. The van der Waals surface area contributed by atoms with Gasteiger partial charge in [0.25, 0.3) is 0 Å². The van der Waals surface area contributed by atoms with Crippen LogP contribution >= 0.6 is 0 Å². The molecule has 0 atom stereocenters. The zero-order chi connectivity index (χ0) is 15.1. The van der Waals surface area contributed by atoms with E-state index in [1.165, 1.54) is 12.1 Å². The second-order valence-electron chi connectivity index (χ2n) is 4.47. The van der Waals surface area contributed by atoms with Gasteiger partial charge in [-0.1, -0.05) is 30.3 Å². The predicted molar refractivity (Wildman–Crippen MR) is 80.1 cm³/mol. The summed E-state index contributed by atoms with van der Waals surface area (Å²) in [7, 11) is 0. The molecule has 0 saturated heterocycles. The third-order valence-corrected chi connectivity index (χ3v) is 2.86. The average Bonchev–Trinajstić information content (AvgIpc) is 2.48. The Morgan fingerprint density at radius 2 is 1.86 bits per heavy atom. The van der Waals surface area contributed by atoms with Gasteiger partial charge in [-0.05, 0) is 30.7 Å². The molecule has 110 valence electrons. The smallest absolute Gasteiger partial charge is 0.319 e. The van der Waals surface area contributed by atoms with Crippen LogP contribution < -0.4 is 15.4 Å². The number of rotatable bonds is 5. The number of amides is 2. The van der Waals surface area contributed by atoms with Crippen LogP contribution in [0.25, 0.3) is 0 Å². The summed E-state index contributed by atoms with van der Waals surface area (Å²) in [6, 6.07) is 13.2. The first kappa shape index (κ1) is 14.8. The molecule has 0 aromatic heterocycles. The van der Waals surface area contributed by atoms with Crippen LogP contribution in [-0.2, 0) is 0 Å². The van der Waals surface area contributed by atoms with Crippen molar-refractivity contribution in [2.24, 2.45) is 0 Å². The second kappa shape index (κ2) is 7.28. The highest BCUT2D eigenvalue weighted by molar-refractivity contribution is 5.89. The summed E-state index contributed by atoms with van der Waals surface area (Å²) in [6.07, 6.45) is 0. The Kier molecular flexibility index (Phi) is 5.15. The number of anilines is 1. The first-order valence-electron chi connectivity index (χ1n) is 6.64. The van der Waals surface area contributed by atoms with Crippen LogP contribution in [0.1, 0.15) is 5.56 Å². The normalized spacial score (nSPS) is 10.0. The van der Waals surface area contributed by atoms with Crippen LogP contribution in [0.2, 0.25) is 0 Å². The van der Waals surface area contributed by atoms with E-state index in [0.29, 0.717) is 13.2 Å². The molecular weight excluding hydrogens is 271 g/mol. The van der Waals surface area contributed by atoms with Gasteiger partial charge in [0.2, 0.25) is 0 Å². The highest BCUT2D eigenvalue weighted by atomic mass is 19.1. The molecule has 0 heterocycles. The summed E-state index contributed by atoms with van der Waals surface area (Å²) in [5, 5.41) is 5.05. The van der Waals surface area contributed by atoms with Gasteiger partial charge in [0.15, 0.2) is 0 Å². The molecule has 2 aromatic carbocycles. The van der Waals surface area contributed by atoms with Crippen LogP contribution in [0.4, 0.5) is 14.9 Å². The number of hydrogen-bond acceptors (Lipinski definition) is 2. The van der Waals surface area contributed by atoms with Gasteiger partial charge < -0.3 is 15.4 Å². The molecule has 2 aromatic rings. The van der Waals surface area contributed by atoms with Crippen molar-refractivity contribution in [2.45, 2.75) is 6.92 Å². The molecule has 0 bridgehead atoms. The summed E-state index contributed by atoms with van der Waals surface area (Å²) >= 11 is 0. The molecule has 21 heavy (non-hydrogen) atoms. The molecule has 2 rings (SSSR count). The number of nitrogens with one attached hydrogen (secondary N) is 2. The fraction of sp³-hybridized carbons (Fsp3) is 0.188. The van der Waals surface area contributed by atoms with Gasteiger partial charge in [-0.2, -0.15) is 0 Å². The SMILES string of the molecule is Cc1ccccc1OCCNC(=O)Nc1ccccc1F.